The van der Waals surface area contributed by atoms with E-state index < -0.39 is 21.8 Å². The SMILES string of the molecule is O=C1c2cccc(NS(=O)(=O)c3ccc(-c4cnco4)cc3)c2C(=O)N1c1cccnc1. The van der Waals surface area contributed by atoms with E-state index in [1.807, 2.05) is 0 Å². The number of hydrogen-bond donors (Lipinski definition) is 1. The van der Waals surface area contributed by atoms with E-state index in [1.165, 1.54) is 55.3 Å². The van der Waals surface area contributed by atoms with Gasteiger partial charge in [0, 0.05) is 11.8 Å². The second-order valence-electron chi connectivity index (χ2n) is 6.88. The third kappa shape index (κ3) is 3.22. The summed E-state index contributed by atoms with van der Waals surface area (Å²) >= 11 is 0. The molecule has 32 heavy (non-hydrogen) atoms. The first-order valence-corrected chi connectivity index (χ1v) is 10.9. The Balaban J connectivity index is 1.48. The Bertz CT molecular complexity index is 1430. The lowest BCUT2D eigenvalue weighted by Crippen LogP contribution is -2.29. The molecule has 3 heterocycles. The molecule has 1 aliphatic rings. The summed E-state index contributed by atoms with van der Waals surface area (Å²) in [5.41, 5.74) is 1.08. The van der Waals surface area contributed by atoms with Gasteiger partial charge in [0.2, 0.25) is 0 Å². The minimum atomic E-state index is -4.03. The van der Waals surface area contributed by atoms with Crippen molar-refractivity contribution in [2.75, 3.05) is 9.62 Å². The number of nitrogens with zero attached hydrogens (tertiary/aromatic N) is 3. The van der Waals surface area contributed by atoms with Gasteiger partial charge in [-0.15, -0.1) is 0 Å². The van der Waals surface area contributed by atoms with Gasteiger partial charge in [0.15, 0.2) is 12.2 Å². The van der Waals surface area contributed by atoms with Crippen LogP contribution in [0.15, 0.2) is 88.9 Å². The van der Waals surface area contributed by atoms with Crippen LogP contribution in [0.1, 0.15) is 20.7 Å². The number of carbonyl (C=O) groups is 2. The van der Waals surface area contributed by atoms with E-state index in [9.17, 15) is 18.0 Å². The van der Waals surface area contributed by atoms with Gasteiger partial charge < -0.3 is 4.42 Å². The van der Waals surface area contributed by atoms with Crippen molar-refractivity contribution in [1.29, 1.82) is 0 Å². The van der Waals surface area contributed by atoms with Crippen LogP contribution in [0.3, 0.4) is 0 Å². The number of sulfonamides is 1. The van der Waals surface area contributed by atoms with Crippen molar-refractivity contribution in [2.45, 2.75) is 4.90 Å². The minimum absolute atomic E-state index is 0.0109. The van der Waals surface area contributed by atoms with Gasteiger partial charge in [0.05, 0.1) is 39.8 Å². The van der Waals surface area contributed by atoms with Crippen molar-refractivity contribution < 1.29 is 22.4 Å². The smallest absolute Gasteiger partial charge is 0.268 e. The van der Waals surface area contributed by atoms with Crippen molar-refractivity contribution >= 4 is 33.2 Å². The highest BCUT2D eigenvalue weighted by Crippen LogP contribution is 2.33. The number of carbonyl (C=O) groups excluding carboxylic acids is 2. The lowest BCUT2D eigenvalue weighted by atomic mass is 10.1. The zero-order valence-corrected chi connectivity index (χ0v) is 17.1. The maximum absolute atomic E-state index is 13.1. The fourth-order valence-electron chi connectivity index (χ4n) is 3.45. The van der Waals surface area contributed by atoms with Crippen molar-refractivity contribution in [3.63, 3.8) is 0 Å². The van der Waals surface area contributed by atoms with E-state index >= 15 is 0 Å². The number of hydrogen-bond acceptors (Lipinski definition) is 7. The quantitative estimate of drug-likeness (QED) is 0.467. The summed E-state index contributed by atoms with van der Waals surface area (Å²) in [4.78, 5) is 34.6. The van der Waals surface area contributed by atoms with Gasteiger partial charge in [0.25, 0.3) is 21.8 Å². The number of aromatic nitrogens is 2. The number of rotatable bonds is 5. The molecule has 0 bridgehead atoms. The molecular formula is C22H14N4O5S. The molecule has 1 aliphatic heterocycles. The second kappa shape index (κ2) is 7.43. The number of nitrogens with one attached hydrogen (secondary N) is 1. The monoisotopic (exact) mass is 446 g/mol. The van der Waals surface area contributed by atoms with Crippen molar-refractivity contribution in [2.24, 2.45) is 0 Å². The summed E-state index contributed by atoms with van der Waals surface area (Å²) < 4.78 is 33.6. The van der Waals surface area contributed by atoms with Gasteiger partial charge in [-0.2, -0.15) is 0 Å². The van der Waals surface area contributed by atoms with Crippen LogP contribution < -0.4 is 9.62 Å². The number of amides is 2. The molecule has 0 fully saturated rings. The van der Waals surface area contributed by atoms with E-state index in [1.54, 1.807) is 24.3 Å². The number of imide groups is 1. The molecule has 0 atom stereocenters. The third-order valence-electron chi connectivity index (χ3n) is 4.94. The van der Waals surface area contributed by atoms with Crippen molar-refractivity contribution in [3.05, 3.63) is 90.7 Å². The molecule has 2 aromatic heterocycles. The average Bonchev–Trinajstić information content (AvgIpc) is 3.42. The number of fused-ring (bicyclic) bond motifs is 1. The molecule has 0 aliphatic carbocycles. The Hall–Kier alpha value is -4.31. The molecule has 0 saturated heterocycles. The van der Waals surface area contributed by atoms with Crippen LogP contribution in [0.5, 0.6) is 0 Å². The molecular weight excluding hydrogens is 432 g/mol. The molecule has 0 radical (unpaired) electrons. The fourth-order valence-corrected chi connectivity index (χ4v) is 4.52. The van der Waals surface area contributed by atoms with Crippen LogP contribution in [0.25, 0.3) is 11.3 Å². The second-order valence-corrected chi connectivity index (χ2v) is 8.56. The van der Waals surface area contributed by atoms with Gasteiger partial charge in [-0.25, -0.2) is 18.3 Å². The number of pyridine rings is 1. The fraction of sp³-hybridized carbons (Fsp3) is 0. The molecule has 1 N–H and O–H groups in total. The predicted molar refractivity (Wildman–Crippen MR) is 115 cm³/mol. The Kier molecular flexibility index (Phi) is 4.56. The summed E-state index contributed by atoms with van der Waals surface area (Å²) in [6, 6.07) is 13.6. The van der Waals surface area contributed by atoms with Gasteiger partial charge in [-0.1, -0.05) is 6.07 Å². The van der Waals surface area contributed by atoms with Gasteiger partial charge in [-0.3, -0.25) is 19.3 Å². The maximum Gasteiger partial charge on any atom is 0.268 e. The van der Waals surface area contributed by atoms with Crippen molar-refractivity contribution in [1.82, 2.24) is 9.97 Å². The summed E-state index contributed by atoms with van der Waals surface area (Å²) in [7, 11) is -4.03. The number of anilines is 2. The lowest BCUT2D eigenvalue weighted by Gasteiger charge is -2.13. The zero-order chi connectivity index (χ0) is 22.3. The first-order chi connectivity index (χ1) is 15.5. The van der Waals surface area contributed by atoms with Crippen LogP contribution >= 0.6 is 0 Å². The van der Waals surface area contributed by atoms with Gasteiger partial charge >= 0.3 is 0 Å². The van der Waals surface area contributed by atoms with E-state index in [0.717, 1.165) is 4.90 Å². The summed E-state index contributed by atoms with van der Waals surface area (Å²) in [5.74, 6) is -0.671. The van der Waals surface area contributed by atoms with Crippen LogP contribution in [-0.2, 0) is 10.0 Å². The van der Waals surface area contributed by atoms with Crippen LogP contribution in [0.2, 0.25) is 0 Å². The largest absolute Gasteiger partial charge is 0.444 e. The standard InChI is InChI=1S/C22H14N4O5S/c27-21-17-4-1-5-18(20(17)22(28)26(21)15-3-2-10-23-11-15)25-32(29,30)16-8-6-14(7-9-16)19-12-24-13-31-19/h1-13,25H. The molecule has 0 saturated carbocycles. The normalized spacial score (nSPS) is 13.3. The van der Waals surface area contributed by atoms with Gasteiger partial charge in [0.1, 0.15) is 0 Å². The Labute approximate surface area is 182 Å². The minimum Gasteiger partial charge on any atom is -0.444 e. The molecule has 4 aromatic rings. The first kappa shape index (κ1) is 19.6. The van der Waals surface area contributed by atoms with Crippen molar-refractivity contribution in [3.8, 4) is 11.3 Å². The lowest BCUT2D eigenvalue weighted by molar-refractivity contribution is 0.0926. The topological polar surface area (TPSA) is 122 Å². The maximum atomic E-state index is 13.1. The molecule has 158 valence electrons. The molecule has 0 spiro atoms. The van der Waals surface area contributed by atoms with Crippen LogP contribution in [0, 0.1) is 0 Å². The highest BCUT2D eigenvalue weighted by Gasteiger charge is 2.39. The Morgan fingerprint density at radius 2 is 1.69 bits per heavy atom. The van der Waals surface area contributed by atoms with E-state index in [-0.39, 0.29) is 21.7 Å². The Morgan fingerprint density at radius 1 is 0.875 bits per heavy atom. The first-order valence-electron chi connectivity index (χ1n) is 9.39. The summed E-state index contributed by atoms with van der Waals surface area (Å²) in [6.45, 7) is 0. The van der Waals surface area contributed by atoms with E-state index in [2.05, 4.69) is 14.7 Å². The highest BCUT2D eigenvalue weighted by molar-refractivity contribution is 7.92. The van der Waals surface area contributed by atoms with E-state index in [0.29, 0.717) is 17.0 Å². The van der Waals surface area contributed by atoms with Crippen LogP contribution in [-0.4, -0.2) is 30.2 Å². The zero-order valence-electron chi connectivity index (χ0n) is 16.3. The number of benzene rings is 2. The van der Waals surface area contributed by atoms with Crippen LogP contribution in [0.4, 0.5) is 11.4 Å². The molecule has 2 amide bonds. The summed E-state index contributed by atoms with van der Waals surface area (Å²) in [5, 5.41) is 0. The third-order valence-corrected chi connectivity index (χ3v) is 6.33. The number of oxazole rings is 1. The molecule has 2 aromatic carbocycles. The predicted octanol–water partition coefficient (Wildman–Crippen LogP) is 3.34. The average molecular weight is 446 g/mol. The molecule has 9 nitrogen and oxygen atoms in total. The molecule has 10 heteroatoms. The molecule has 0 unspecified atom stereocenters. The van der Waals surface area contributed by atoms with Gasteiger partial charge in [-0.05, 0) is 48.5 Å². The Morgan fingerprint density at radius 3 is 2.38 bits per heavy atom. The summed E-state index contributed by atoms with van der Waals surface area (Å²) in [6.07, 6.45) is 5.72. The highest BCUT2D eigenvalue weighted by atomic mass is 32.2. The molecule has 5 rings (SSSR count). The van der Waals surface area contributed by atoms with E-state index in [4.69, 9.17) is 4.42 Å².